The second kappa shape index (κ2) is 16.3. The predicted molar refractivity (Wildman–Crippen MR) is 188 cm³/mol. The Kier molecular flexibility index (Phi) is 13.5. The average Bonchev–Trinajstić information content (AvgIpc) is 2.97. The molecule has 274 valence electrons. The number of benzene rings is 2. The molecule has 2 unspecified atom stereocenters. The lowest BCUT2D eigenvalue weighted by Gasteiger charge is -2.30. The Hall–Kier alpha value is -4.74. The van der Waals surface area contributed by atoms with Crippen LogP contribution in [-0.4, -0.2) is 72.2 Å². The van der Waals surface area contributed by atoms with Gasteiger partial charge in [0, 0.05) is 11.1 Å². The van der Waals surface area contributed by atoms with Crippen LogP contribution in [0.1, 0.15) is 104 Å². The van der Waals surface area contributed by atoms with E-state index in [-0.39, 0.29) is 0 Å². The molecule has 0 aliphatic rings. The van der Waals surface area contributed by atoms with Crippen LogP contribution in [-0.2, 0) is 28.5 Å². The van der Waals surface area contributed by atoms with Crippen LogP contribution in [0.3, 0.4) is 0 Å². The number of carbonyl (C=O) groups excluding carboxylic acids is 6. The van der Waals surface area contributed by atoms with E-state index in [4.69, 9.17) is 18.9 Å². The van der Waals surface area contributed by atoms with Crippen LogP contribution in [0, 0.1) is 10.8 Å². The summed E-state index contributed by atoms with van der Waals surface area (Å²) in [6, 6.07) is 11.2. The number of esters is 2. The van der Waals surface area contributed by atoms with E-state index in [1.54, 1.807) is 132 Å². The molecule has 12 nitrogen and oxygen atoms in total. The number of ketones is 2. The molecule has 2 aromatic carbocycles. The van der Waals surface area contributed by atoms with E-state index in [0.29, 0.717) is 11.1 Å². The molecule has 2 atom stereocenters. The first kappa shape index (κ1) is 41.4. The molecule has 2 rings (SSSR count). The lowest BCUT2D eigenvalue weighted by Crippen LogP contribution is -2.51. The third-order valence-corrected chi connectivity index (χ3v) is 6.96. The Bertz CT molecular complexity index is 1420. The largest absolute Gasteiger partial charge is 0.456 e. The van der Waals surface area contributed by atoms with Crippen LogP contribution < -0.4 is 10.6 Å². The summed E-state index contributed by atoms with van der Waals surface area (Å²) in [5, 5.41) is 5.08. The minimum atomic E-state index is -1.05. The molecule has 0 saturated heterocycles. The van der Waals surface area contributed by atoms with Gasteiger partial charge in [0.2, 0.25) is 0 Å². The van der Waals surface area contributed by atoms with Gasteiger partial charge in [-0.05, 0) is 63.5 Å². The number of ether oxygens (including phenoxy) is 4. The van der Waals surface area contributed by atoms with Crippen molar-refractivity contribution in [2.75, 3.05) is 13.2 Å². The Morgan fingerprint density at radius 1 is 0.500 bits per heavy atom. The van der Waals surface area contributed by atoms with Crippen molar-refractivity contribution in [1.29, 1.82) is 0 Å². The number of alkyl carbamates (subject to hydrolysis) is 2. The van der Waals surface area contributed by atoms with Crippen molar-refractivity contribution in [1.82, 2.24) is 10.6 Å². The van der Waals surface area contributed by atoms with Gasteiger partial charge in [0.25, 0.3) is 0 Å². The highest BCUT2D eigenvalue weighted by Crippen LogP contribution is 2.24. The van der Waals surface area contributed by atoms with Crippen molar-refractivity contribution in [2.45, 2.75) is 106 Å². The molecule has 2 aromatic rings. The minimum absolute atomic E-state index is 0.317. The lowest BCUT2D eigenvalue weighted by molar-refractivity contribution is -0.148. The highest BCUT2D eigenvalue weighted by molar-refractivity contribution is 5.99. The number of Topliss-reactive ketones (excluding diaryl/α,β-unsaturated/α-hetero) is 2. The zero-order chi connectivity index (χ0) is 38.2. The predicted octanol–water partition coefficient (Wildman–Crippen LogP) is 6.68. The van der Waals surface area contributed by atoms with Gasteiger partial charge in [0.15, 0.2) is 24.8 Å². The van der Waals surface area contributed by atoms with E-state index in [0.717, 1.165) is 11.1 Å². The smallest absolute Gasteiger partial charge is 0.408 e. The van der Waals surface area contributed by atoms with Crippen LogP contribution in [0.25, 0.3) is 11.1 Å². The van der Waals surface area contributed by atoms with Crippen molar-refractivity contribution in [2.24, 2.45) is 10.8 Å². The summed E-state index contributed by atoms with van der Waals surface area (Å²) in [7, 11) is 0. The summed E-state index contributed by atoms with van der Waals surface area (Å²) in [5.74, 6) is -2.38. The molecule has 0 aromatic heterocycles. The fourth-order valence-electron chi connectivity index (χ4n) is 4.41. The average molecular weight is 697 g/mol. The first-order chi connectivity index (χ1) is 22.8. The van der Waals surface area contributed by atoms with Gasteiger partial charge in [0.05, 0.1) is 0 Å². The molecule has 0 radical (unpaired) electrons. The van der Waals surface area contributed by atoms with Gasteiger partial charge in [-0.2, -0.15) is 0 Å². The number of hydrogen-bond donors (Lipinski definition) is 2. The molecule has 50 heavy (non-hydrogen) atoms. The van der Waals surface area contributed by atoms with E-state index in [1.165, 1.54) is 0 Å². The normalized spacial score (nSPS) is 13.3. The SMILES string of the molecule is CC(C)(C)OC(=O)NC(C(=O)OCC(=O)c1ccc(-c2ccc(C(=O)COC(=O)C(NC(=O)OC(C)(C)C)C(C)(C)C)cc2)cc1)C(C)(C)C. The van der Waals surface area contributed by atoms with Gasteiger partial charge in [-0.25, -0.2) is 19.2 Å². The zero-order valence-corrected chi connectivity index (χ0v) is 31.3. The number of nitrogens with one attached hydrogen (secondary N) is 2. The Balaban J connectivity index is 2.00. The molecule has 0 saturated carbocycles. The lowest BCUT2D eigenvalue weighted by atomic mass is 9.87. The van der Waals surface area contributed by atoms with E-state index in [1.807, 2.05) is 0 Å². The Morgan fingerprint density at radius 3 is 1.02 bits per heavy atom. The summed E-state index contributed by atoms with van der Waals surface area (Å²) in [4.78, 5) is 75.9. The third kappa shape index (κ3) is 13.6. The molecule has 2 N–H and O–H groups in total. The van der Waals surface area contributed by atoms with Gasteiger partial charge in [-0.15, -0.1) is 0 Å². The molecule has 0 bridgehead atoms. The minimum Gasteiger partial charge on any atom is -0.456 e. The Labute approximate surface area is 295 Å². The quantitative estimate of drug-likeness (QED) is 0.147. The molecular formula is C38H52N2O10. The fourth-order valence-corrected chi connectivity index (χ4v) is 4.41. The topological polar surface area (TPSA) is 163 Å². The molecular weight excluding hydrogens is 644 g/mol. The van der Waals surface area contributed by atoms with Crippen LogP contribution in [0.2, 0.25) is 0 Å². The van der Waals surface area contributed by atoms with Crippen molar-refractivity contribution in [3.63, 3.8) is 0 Å². The Morgan fingerprint density at radius 2 is 0.780 bits per heavy atom. The standard InChI is InChI=1S/C38H52N2O10/c1-35(2,3)29(39-33(45)49-37(7,8)9)31(43)47-21-27(41)25-17-13-23(14-18-25)24-15-19-26(20-16-24)28(42)22-48-32(44)30(36(4,5)6)40-34(46)50-38(10,11)12/h13-20,29-30H,21-22H2,1-12H3,(H,39,45)(H,40,46). The van der Waals surface area contributed by atoms with Crippen molar-refractivity contribution >= 4 is 35.7 Å². The van der Waals surface area contributed by atoms with Gasteiger partial charge in [0.1, 0.15) is 23.3 Å². The number of carbonyl (C=O) groups is 6. The first-order valence-corrected chi connectivity index (χ1v) is 16.4. The summed E-state index contributed by atoms with van der Waals surface area (Å²) in [5.41, 5.74) is -0.766. The number of rotatable bonds is 11. The zero-order valence-electron chi connectivity index (χ0n) is 31.3. The van der Waals surface area contributed by atoms with Gasteiger partial charge < -0.3 is 29.6 Å². The second-order valence-electron chi connectivity index (χ2n) is 16.1. The van der Waals surface area contributed by atoms with E-state index >= 15 is 0 Å². The van der Waals surface area contributed by atoms with Crippen molar-refractivity contribution in [3.05, 3.63) is 59.7 Å². The molecule has 0 fully saturated rings. The van der Waals surface area contributed by atoms with Gasteiger partial charge >= 0.3 is 24.1 Å². The summed E-state index contributed by atoms with van der Waals surface area (Å²) in [6.07, 6.45) is -1.54. The highest BCUT2D eigenvalue weighted by atomic mass is 16.6. The highest BCUT2D eigenvalue weighted by Gasteiger charge is 2.37. The van der Waals surface area contributed by atoms with Gasteiger partial charge in [-0.3, -0.25) is 9.59 Å². The van der Waals surface area contributed by atoms with Crippen LogP contribution >= 0.6 is 0 Å². The second-order valence-corrected chi connectivity index (χ2v) is 16.1. The van der Waals surface area contributed by atoms with Crippen LogP contribution in [0.5, 0.6) is 0 Å². The molecule has 0 spiro atoms. The van der Waals surface area contributed by atoms with E-state index < -0.39 is 83.0 Å². The maximum absolute atomic E-state index is 12.9. The van der Waals surface area contributed by atoms with Crippen molar-refractivity contribution < 1.29 is 47.7 Å². The summed E-state index contributed by atoms with van der Waals surface area (Å²) < 4.78 is 21.1. The molecule has 0 heterocycles. The first-order valence-electron chi connectivity index (χ1n) is 16.4. The van der Waals surface area contributed by atoms with Gasteiger partial charge in [-0.1, -0.05) is 90.1 Å². The maximum atomic E-state index is 12.9. The fraction of sp³-hybridized carbons (Fsp3) is 0.526. The number of hydrogen-bond acceptors (Lipinski definition) is 10. The summed E-state index contributed by atoms with van der Waals surface area (Å²) >= 11 is 0. The number of amides is 2. The van der Waals surface area contributed by atoms with Crippen LogP contribution in [0.15, 0.2) is 48.5 Å². The van der Waals surface area contributed by atoms with E-state index in [2.05, 4.69) is 10.6 Å². The molecule has 0 aliphatic heterocycles. The van der Waals surface area contributed by atoms with E-state index in [9.17, 15) is 28.8 Å². The molecule has 12 heteroatoms. The maximum Gasteiger partial charge on any atom is 0.408 e. The monoisotopic (exact) mass is 696 g/mol. The molecule has 0 aliphatic carbocycles. The molecule has 2 amide bonds. The van der Waals surface area contributed by atoms with Crippen LogP contribution in [0.4, 0.5) is 9.59 Å². The van der Waals surface area contributed by atoms with Crippen molar-refractivity contribution in [3.8, 4) is 11.1 Å². The summed E-state index contributed by atoms with van der Waals surface area (Å²) in [6.45, 7) is 19.7. The third-order valence-electron chi connectivity index (χ3n) is 6.96.